The average molecular weight is 330 g/mol. The molecule has 1 heterocycles. The van der Waals surface area contributed by atoms with Crippen LogP contribution in [0.5, 0.6) is 0 Å². The molecule has 1 amide bonds. The van der Waals surface area contributed by atoms with Gasteiger partial charge in [0.15, 0.2) is 0 Å². The summed E-state index contributed by atoms with van der Waals surface area (Å²) >= 11 is 0. The van der Waals surface area contributed by atoms with Gasteiger partial charge in [0.2, 0.25) is 5.91 Å². The van der Waals surface area contributed by atoms with E-state index in [4.69, 9.17) is 0 Å². The fourth-order valence-electron chi connectivity index (χ4n) is 2.55. The van der Waals surface area contributed by atoms with E-state index in [-0.39, 0.29) is 30.5 Å². The number of H-pyrrole nitrogens is 1. The van der Waals surface area contributed by atoms with Gasteiger partial charge in [0.05, 0.1) is 12.5 Å². The SMILES string of the molecule is O=C(Cc1c[nH]c2ccc(F)cc12)NCC(O)c1ccc(F)cc1. The Morgan fingerprint density at radius 1 is 1.12 bits per heavy atom. The summed E-state index contributed by atoms with van der Waals surface area (Å²) in [5, 5.41) is 13.3. The van der Waals surface area contributed by atoms with Gasteiger partial charge in [-0.25, -0.2) is 8.78 Å². The fourth-order valence-corrected chi connectivity index (χ4v) is 2.55. The van der Waals surface area contributed by atoms with Crippen LogP contribution in [0.1, 0.15) is 17.2 Å². The number of carbonyl (C=O) groups is 1. The average Bonchev–Trinajstić information content (AvgIpc) is 2.95. The maximum absolute atomic E-state index is 13.3. The van der Waals surface area contributed by atoms with Gasteiger partial charge in [-0.1, -0.05) is 12.1 Å². The predicted molar refractivity (Wildman–Crippen MR) is 86.3 cm³/mol. The minimum Gasteiger partial charge on any atom is -0.387 e. The minimum absolute atomic E-state index is 0.0151. The number of hydrogen-bond acceptors (Lipinski definition) is 2. The van der Waals surface area contributed by atoms with E-state index in [0.29, 0.717) is 16.5 Å². The van der Waals surface area contributed by atoms with Gasteiger partial charge in [-0.3, -0.25) is 4.79 Å². The highest BCUT2D eigenvalue weighted by Gasteiger charge is 2.12. The molecule has 6 heteroatoms. The highest BCUT2D eigenvalue weighted by atomic mass is 19.1. The Labute approximate surface area is 137 Å². The van der Waals surface area contributed by atoms with Crippen LogP contribution in [-0.4, -0.2) is 22.5 Å². The van der Waals surface area contributed by atoms with Crippen molar-refractivity contribution < 1.29 is 18.7 Å². The van der Waals surface area contributed by atoms with Gasteiger partial charge >= 0.3 is 0 Å². The Kier molecular flexibility index (Phi) is 4.57. The molecular weight excluding hydrogens is 314 g/mol. The molecule has 3 aromatic rings. The van der Waals surface area contributed by atoms with E-state index in [1.165, 1.54) is 36.4 Å². The summed E-state index contributed by atoms with van der Waals surface area (Å²) in [6.07, 6.45) is 0.814. The van der Waals surface area contributed by atoms with Gasteiger partial charge in [-0.2, -0.15) is 0 Å². The van der Waals surface area contributed by atoms with Crippen molar-refractivity contribution in [1.29, 1.82) is 0 Å². The zero-order valence-electron chi connectivity index (χ0n) is 12.7. The van der Waals surface area contributed by atoms with Crippen molar-refractivity contribution in [3.63, 3.8) is 0 Å². The summed E-state index contributed by atoms with van der Waals surface area (Å²) in [6.45, 7) is 0.0151. The lowest BCUT2D eigenvalue weighted by molar-refractivity contribution is -0.120. The van der Waals surface area contributed by atoms with Crippen molar-refractivity contribution in [2.24, 2.45) is 0 Å². The van der Waals surface area contributed by atoms with E-state index in [2.05, 4.69) is 10.3 Å². The molecule has 0 fully saturated rings. The number of aromatic nitrogens is 1. The van der Waals surface area contributed by atoms with Crippen molar-refractivity contribution in [2.75, 3.05) is 6.54 Å². The third-order valence-corrected chi connectivity index (χ3v) is 3.83. The Bertz CT molecular complexity index is 859. The third-order valence-electron chi connectivity index (χ3n) is 3.83. The fraction of sp³-hybridized carbons (Fsp3) is 0.167. The quantitative estimate of drug-likeness (QED) is 0.673. The first kappa shape index (κ1) is 16.1. The summed E-state index contributed by atoms with van der Waals surface area (Å²) in [4.78, 5) is 15.0. The monoisotopic (exact) mass is 330 g/mol. The summed E-state index contributed by atoms with van der Waals surface area (Å²) in [6, 6.07) is 9.78. The van der Waals surface area contributed by atoms with Gasteiger partial charge in [0.25, 0.3) is 0 Å². The molecule has 0 saturated heterocycles. The second kappa shape index (κ2) is 6.80. The second-order valence-corrected chi connectivity index (χ2v) is 5.55. The van der Waals surface area contributed by atoms with Gasteiger partial charge in [-0.05, 0) is 41.5 Å². The number of hydrogen-bond donors (Lipinski definition) is 3. The molecular formula is C18H16F2N2O2. The number of nitrogens with one attached hydrogen (secondary N) is 2. The van der Waals surface area contributed by atoms with Gasteiger partial charge in [0.1, 0.15) is 11.6 Å². The van der Waals surface area contributed by atoms with E-state index in [0.717, 1.165) is 5.52 Å². The maximum atomic E-state index is 13.3. The Balaban J connectivity index is 1.60. The molecule has 24 heavy (non-hydrogen) atoms. The first-order valence-electron chi connectivity index (χ1n) is 7.48. The number of aliphatic hydroxyl groups is 1. The minimum atomic E-state index is -0.921. The topological polar surface area (TPSA) is 65.1 Å². The second-order valence-electron chi connectivity index (χ2n) is 5.55. The molecule has 1 aromatic heterocycles. The van der Waals surface area contributed by atoms with Crippen LogP contribution in [0.15, 0.2) is 48.7 Å². The molecule has 124 valence electrons. The van der Waals surface area contributed by atoms with Crippen LogP contribution >= 0.6 is 0 Å². The number of benzene rings is 2. The van der Waals surface area contributed by atoms with Crippen LogP contribution in [0.25, 0.3) is 10.9 Å². The molecule has 0 aliphatic carbocycles. The first-order chi connectivity index (χ1) is 11.5. The van der Waals surface area contributed by atoms with Gasteiger partial charge < -0.3 is 15.4 Å². The molecule has 0 spiro atoms. The number of halogens is 2. The Morgan fingerprint density at radius 2 is 1.83 bits per heavy atom. The van der Waals surface area contributed by atoms with Crippen LogP contribution < -0.4 is 5.32 Å². The van der Waals surface area contributed by atoms with Crippen molar-refractivity contribution in [2.45, 2.75) is 12.5 Å². The zero-order chi connectivity index (χ0) is 17.1. The molecule has 0 aliphatic heterocycles. The number of aromatic amines is 1. The predicted octanol–water partition coefficient (Wildman–Crippen LogP) is 2.84. The van der Waals surface area contributed by atoms with E-state index in [1.807, 2.05) is 0 Å². The largest absolute Gasteiger partial charge is 0.387 e. The standard InChI is InChI=1S/C18H16F2N2O2/c19-13-3-1-11(2-4-13)17(23)10-22-18(24)7-12-9-21-16-6-5-14(20)8-15(12)16/h1-6,8-9,17,21,23H,7,10H2,(H,22,24). The van der Waals surface area contributed by atoms with Crippen molar-refractivity contribution in [1.82, 2.24) is 10.3 Å². The number of aliphatic hydroxyl groups excluding tert-OH is 1. The van der Waals surface area contributed by atoms with E-state index < -0.39 is 6.10 Å². The summed E-state index contributed by atoms with van der Waals surface area (Å²) in [7, 11) is 0. The maximum Gasteiger partial charge on any atom is 0.224 e. The number of fused-ring (bicyclic) bond motifs is 1. The molecule has 0 radical (unpaired) electrons. The van der Waals surface area contributed by atoms with Crippen LogP contribution in [-0.2, 0) is 11.2 Å². The number of amides is 1. The zero-order valence-corrected chi connectivity index (χ0v) is 12.7. The number of carbonyl (C=O) groups excluding carboxylic acids is 1. The first-order valence-corrected chi connectivity index (χ1v) is 7.48. The smallest absolute Gasteiger partial charge is 0.224 e. The van der Waals surface area contributed by atoms with Gasteiger partial charge in [0, 0.05) is 23.6 Å². The van der Waals surface area contributed by atoms with Gasteiger partial charge in [-0.15, -0.1) is 0 Å². The summed E-state index contributed by atoms with van der Waals surface area (Å²) in [5.74, 6) is -1.04. The molecule has 2 aromatic carbocycles. The Morgan fingerprint density at radius 3 is 2.58 bits per heavy atom. The lowest BCUT2D eigenvalue weighted by atomic mass is 10.1. The highest BCUT2D eigenvalue weighted by molar-refractivity contribution is 5.88. The third kappa shape index (κ3) is 3.60. The van der Waals surface area contributed by atoms with E-state index >= 15 is 0 Å². The molecule has 3 N–H and O–H groups in total. The highest BCUT2D eigenvalue weighted by Crippen LogP contribution is 2.20. The van der Waals surface area contributed by atoms with Crippen molar-refractivity contribution in [3.05, 3.63) is 71.4 Å². The number of rotatable bonds is 5. The lowest BCUT2D eigenvalue weighted by Gasteiger charge is -2.12. The van der Waals surface area contributed by atoms with Crippen LogP contribution in [0.3, 0.4) is 0 Å². The lowest BCUT2D eigenvalue weighted by Crippen LogP contribution is -2.29. The normalized spacial score (nSPS) is 12.3. The molecule has 0 saturated carbocycles. The molecule has 1 atom stereocenters. The van der Waals surface area contributed by atoms with E-state index in [9.17, 15) is 18.7 Å². The Hall–Kier alpha value is -2.73. The molecule has 4 nitrogen and oxygen atoms in total. The van der Waals surface area contributed by atoms with Crippen LogP contribution in [0.4, 0.5) is 8.78 Å². The summed E-state index contributed by atoms with van der Waals surface area (Å²) < 4.78 is 26.2. The van der Waals surface area contributed by atoms with Crippen LogP contribution in [0, 0.1) is 11.6 Å². The molecule has 0 bridgehead atoms. The summed E-state index contributed by atoms with van der Waals surface area (Å²) in [5.41, 5.74) is 1.95. The molecule has 0 aliphatic rings. The molecule has 1 unspecified atom stereocenters. The van der Waals surface area contributed by atoms with Crippen LogP contribution in [0.2, 0.25) is 0 Å². The van der Waals surface area contributed by atoms with Crippen molar-refractivity contribution in [3.8, 4) is 0 Å². The van der Waals surface area contributed by atoms with E-state index in [1.54, 1.807) is 12.3 Å². The van der Waals surface area contributed by atoms with Crippen molar-refractivity contribution >= 4 is 16.8 Å². The molecule has 3 rings (SSSR count).